The zero-order valence-corrected chi connectivity index (χ0v) is 12.9. The number of aliphatic hydroxyl groups excluding tert-OH is 1. The van der Waals surface area contributed by atoms with Crippen molar-refractivity contribution in [3.8, 4) is 0 Å². The van der Waals surface area contributed by atoms with Gasteiger partial charge in [-0.3, -0.25) is 0 Å². The van der Waals surface area contributed by atoms with E-state index >= 15 is 0 Å². The maximum Gasteiger partial charge on any atom is 0.124 e. The van der Waals surface area contributed by atoms with Gasteiger partial charge in [-0.25, -0.2) is 8.78 Å². The summed E-state index contributed by atoms with van der Waals surface area (Å²) in [6.45, 7) is 0. The smallest absolute Gasteiger partial charge is 0.124 e. The van der Waals surface area contributed by atoms with Gasteiger partial charge in [0.15, 0.2) is 0 Å². The maximum absolute atomic E-state index is 13.0. The first-order chi connectivity index (χ1) is 8.97. The van der Waals surface area contributed by atoms with Gasteiger partial charge in [0.2, 0.25) is 0 Å². The lowest BCUT2D eigenvalue weighted by molar-refractivity contribution is 0.177. The Morgan fingerprint density at radius 1 is 0.947 bits per heavy atom. The molecule has 1 nitrogen and oxygen atoms in total. The van der Waals surface area contributed by atoms with E-state index in [1.807, 2.05) is 0 Å². The summed E-state index contributed by atoms with van der Waals surface area (Å²) in [6, 6.07) is 8.43. The number of hydrogen-bond donors (Lipinski definition) is 1. The number of hydrogen-bond acceptors (Lipinski definition) is 1. The topological polar surface area (TPSA) is 20.2 Å². The summed E-state index contributed by atoms with van der Waals surface area (Å²) in [7, 11) is 0. The van der Waals surface area contributed by atoms with Crippen molar-refractivity contribution in [3.63, 3.8) is 0 Å². The molecule has 5 heteroatoms. The summed E-state index contributed by atoms with van der Waals surface area (Å²) >= 11 is 6.47. The molecule has 2 rings (SSSR count). The van der Waals surface area contributed by atoms with Crippen LogP contribution < -0.4 is 0 Å². The van der Waals surface area contributed by atoms with Gasteiger partial charge in [-0.2, -0.15) is 0 Å². The average Bonchev–Trinajstić information content (AvgIpc) is 2.32. The molecular weight excluding hydrogens is 382 g/mol. The molecule has 0 aromatic heterocycles. The normalized spacial score (nSPS) is 12.5. The fourth-order valence-corrected chi connectivity index (χ4v) is 2.91. The second-order valence-electron chi connectivity index (χ2n) is 4.12. The van der Waals surface area contributed by atoms with Crippen LogP contribution in [0.3, 0.4) is 0 Å². The quantitative estimate of drug-likeness (QED) is 0.799. The van der Waals surface area contributed by atoms with Crippen LogP contribution in [-0.4, -0.2) is 5.11 Å². The zero-order valence-electron chi connectivity index (χ0n) is 9.71. The first-order valence-corrected chi connectivity index (χ1v) is 7.13. The summed E-state index contributed by atoms with van der Waals surface area (Å²) in [5.41, 5.74) is 1.38. The molecule has 0 spiro atoms. The lowest BCUT2D eigenvalue weighted by Gasteiger charge is -2.14. The van der Waals surface area contributed by atoms with Crippen LogP contribution >= 0.6 is 31.9 Å². The van der Waals surface area contributed by atoms with Crippen molar-refractivity contribution < 1.29 is 13.9 Å². The summed E-state index contributed by atoms with van der Waals surface area (Å²) < 4.78 is 27.1. The van der Waals surface area contributed by atoms with Gasteiger partial charge >= 0.3 is 0 Å². The van der Waals surface area contributed by atoms with E-state index in [0.29, 0.717) is 20.9 Å². The van der Waals surface area contributed by atoms with Crippen LogP contribution in [0.25, 0.3) is 0 Å². The van der Waals surface area contributed by atoms with Crippen LogP contribution in [0.2, 0.25) is 0 Å². The van der Waals surface area contributed by atoms with Crippen LogP contribution in [-0.2, 0) is 6.42 Å². The zero-order chi connectivity index (χ0) is 14.0. The third-order valence-corrected chi connectivity index (χ3v) is 4.17. The van der Waals surface area contributed by atoms with E-state index in [2.05, 4.69) is 31.9 Å². The summed E-state index contributed by atoms with van der Waals surface area (Å²) in [5.74, 6) is -0.709. The molecule has 0 radical (unpaired) electrons. The highest BCUT2D eigenvalue weighted by atomic mass is 79.9. The minimum absolute atomic E-state index is 0.311. The van der Waals surface area contributed by atoms with Gasteiger partial charge in [0.25, 0.3) is 0 Å². The number of benzene rings is 2. The molecule has 19 heavy (non-hydrogen) atoms. The minimum Gasteiger partial charge on any atom is -0.388 e. The van der Waals surface area contributed by atoms with Gasteiger partial charge < -0.3 is 5.11 Å². The predicted octanol–water partition coefficient (Wildman–Crippen LogP) is 4.77. The monoisotopic (exact) mass is 390 g/mol. The van der Waals surface area contributed by atoms with Crippen molar-refractivity contribution in [3.05, 3.63) is 68.1 Å². The first-order valence-electron chi connectivity index (χ1n) is 5.54. The van der Waals surface area contributed by atoms with Crippen LogP contribution in [0.1, 0.15) is 17.2 Å². The van der Waals surface area contributed by atoms with Gasteiger partial charge in [0.1, 0.15) is 11.6 Å². The summed E-state index contributed by atoms with van der Waals surface area (Å²) in [4.78, 5) is 0. The standard InChI is InChI=1S/C14H10Br2F2O/c15-12-6-9(17)2-1-8(12)5-14(19)11-4-3-10(18)7-13(11)16/h1-4,6-7,14,19H,5H2. The Balaban J connectivity index is 2.23. The molecule has 0 amide bonds. The number of aliphatic hydroxyl groups is 1. The van der Waals surface area contributed by atoms with Crippen molar-refractivity contribution in [2.45, 2.75) is 12.5 Å². The molecule has 0 fully saturated rings. The molecule has 0 heterocycles. The molecule has 0 bridgehead atoms. The van der Waals surface area contributed by atoms with E-state index < -0.39 is 6.10 Å². The minimum atomic E-state index is -0.795. The van der Waals surface area contributed by atoms with Crippen LogP contribution in [0.5, 0.6) is 0 Å². The Hall–Kier alpha value is -0.780. The predicted molar refractivity (Wildman–Crippen MR) is 76.9 cm³/mol. The molecule has 1 unspecified atom stereocenters. The molecule has 0 saturated carbocycles. The molecule has 0 aliphatic heterocycles. The number of halogens is 4. The average molecular weight is 392 g/mol. The molecule has 1 N–H and O–H groups in total. The Morgan fingerprint density at radius 2 is 1.53 bits per heavy atom. The van der Waals surface area contributed by atoms with Gasteiger partial charge in [-0.15, -0.1) is 0 Å². The molecule has 2 aromatic rings. The highest BCUT2D eigenvalue weighted by Gasteiger charge is 2.14. The first kappa shape index (κ1) is 14.6. The van der Waals surface area contributed by atoms with Gasteiger partial charge in [-0.05, 0) is 35.4 Å². The van der Waals surface area contributed by atoms with E-state index in [-0.39, 0.29) is 11.6 Å². The highest BCUT2D eigenvalue weighted by Crippen LogP contribution is 2.29. The fourth-order valence-electron chi connectivity index (χ4n) is 1.78. The molecule has 2 aromatic carbocycles. The molecular formula is C14H10Br2F2O. The summed E-state index contributed by atoms with van der Waals surface area (Å²) in [5, 5.41) is 10.2. The Bertz CT molecular complexity index is 602. The molecule has 0 aliphatic rings. The number of rotatable bonds is 3. The van der Waals surface area contributed by atoms with Crippen molar-refractivity contribution in [1.82, 2.24) is 0 Å². The SMILES string of the molecule is OC(Cc1ccc(F)cc1Br)c1ccc(F)cc1Br. The van der Waals surface area contributed by atoms with Gasteiger partial charge in [0.05, 0.1) is 6.10 Å². The van der Waals surface area contributed by atoms with Gasteiger partial charge in [0, 0.05) is 15.4 Å². The van der Waals surface area contributed by atoms with Crippen molar-refractivity contribution in [2.75, 3.05) is 0 Å². The Kier molecular flexibility index (Phi) is 4.71. The van der Waals surface area contributed by atoms with Crippen molar-refractivity contribution in [2.24, 2.45) is 0 Å². The van der Waals surface area contributed by atoms with Crippen molar-refractivity contribution >= 4 is 31.9 Å². The third-order valence-electron chi connectivity index (χ3n) is 2.75. The van der Waals surface area contributed by atoms with E-state index in [9.17, 15) is 13.9 Å². The molecule has 1 atom stereocenters. The maximum atomic E-state index is 13.0. The highest BCUT2D eigenvalue weighted by molar-refractivity contribution is 9.10. The van der Waals surface area contributed by atoms with Crippen molar-refractivity contribution in [1.29, 1.82) is 0 Å². The molecule has 0 aliphatic carbocycles. The largest absolute Gasteiger partial charge is 0.388 e. The summed E-state index contributed by atoms with van der Waals surface area (Å²) in [6.07, 6.45) is -0.484. The lowest BCUT2D eigenvalue weighted by atomic mass is 10.0. The second-order valence-corrected chi connectivity index (χ2v) is 5.83. The second kappa shape index (κ2) is 6.11. The Labute approximate surface area is 126 Å². The lowest BCUT2D eigenvalue weighted by Crippen LogP contribution is -2.04. The Morgan fingerprint density at radius 3 is 2.11 bits per heavy atom. The van der Waals surface area contributed by atoms with E-state index in [0.717, 1.165) is 5.56 Å². The van der Waals surface area contributed by atoms with Gasteiger partial charge in [-0.1, -0.05) is 44.0 Å². The van der Waals surface area contributed by atoms with E-state index in [1.165, 1.54) is 30.3 Å². The molecule has 100 valence electrons. The van der Waals surface area contributed by atoms with E-state index in [1.54, 1.807) is 6.07 Å². The molecule has 0 saturated heterocycles. The van der Waals surface area contributed by atoms with E-state index in [4.69, 9.17) is 0 Å². The fraction of sp³-hybridized carbons (Fsp3) is 0.143. The van der Waals surface area contributed by atoms with Crippen LogP contribution in [0.15, 0.2) is 45.3 Å². The van der Waals surface area contributed by atoms with Crippen LogP contribution in [0.4, 0.5) is 8.78 Å². The van der Waals surface area contributed by atoms with Crippen LogP contribution in [0, 0.1) is 11.6 Å². The third kappa shape index (κ3) is 3.61.